The smallest absolute Gasteiger partial charge is 0.225 e. The molecule has 118 valence electrons. The molecule has 1 aliphatic rings. The lowest BCUT2D eigenvalue weighted by molar-refractivity contribution is -0.116. The maximum Gasteiger partial charge on any atom is 0.225 e. The van der Waals surface area contributed by atoms with Crippen LogP contribution in [0.15, 0.2) is 60.1 Å². The molecule has 1 aromatic carbocycles. The second kappa shape index (κ2) is 7.29. The number of anilines is 1. The van der Waals surface area contributed by atoms with Gasteiger partial charge in [0.1, 0.15) is 0 Å². The Morgan fingerprint density at radius 3 is 2.91 bits per heavy atom. The summed E-state index contributed by atoms with van der Waals surface area (Å²) in [6, 6.07) is 12.2. The van der Waals surface area contributed by atoms with E-state index in [1.165, 1.54) is 11.1 Å². The van der Waals surface area contributed by atoms with Crippen LogP contribution in [0, 0.1) is 0 Å². The molecule has 2 N–H and O–H groups in total. The molecule has 0 saturated heterocycles. The van der Waals surface area contributed by atoms with Crippen LogP contribution in [0.5, 0.6) is 0 Å². The minimum absolute atomic E-state index is 0.0598. The summed E-state index contributed by atoms with van der Waals surface area (Å²) in [5, 5.41) is 9.13. The lowest BCUT2D eigenvalue weighted by Gasteiger charge is -2.11. The van der Waals surface area contributed by atoms with Gasteiger partial charge in [-0.2, -0.15) is 0 Å². The molecule has 1 atom stereocenters. The molecule has 2 aromatic rings. The van der Waals surface area contributed by atoms with Crippen molar-refractivity contribution in [3.63, 3.8) is 0 Å². The Hall–Kier alpha value is -2.33. The van der Waals surface area contributed by atoms with E-state index in [2.05, 4.69) is 47.2 Å². The van der Waals surface area contributed by atoms with Gasteiger partial charge in [-0.05, 0) is 41.0 Å². The number of amides is 1. The fraction of sp³-hybridized carbons (Fsp3) is 0.211. The van der Waals surface area contributed by atoms with Crippen LogP contribution in [0.3, 0.4) is 0 Å². The van der Waals surface area contributed by atoms with E-state index >= 15 is 0 Å². The Morgan fingerprint density at radius 2 is 2.17 bits per heavy atom. The molecule has 1 aromatic heterocycles. The van der Waals surface area contributed by atoms with E-state index in [0.717, 1.165) is 17.1 Å². The minimum atomic E-state index is 0.0598. The van der Waals surface area contributed by atoms with Crippen molar-refractivity contribution in [1.82, 2.24) is 5.32 Å². The van der Waals surface area contributed by atoms with Gasteiger partial charge in [-0.15, -0.1) is 11.3 Å². The Bertz CT molecular complexity index is 731. The first-order valence-electron chi connectivity index (χ1n) is 7.76. The van der Waals surface area contributed by atoms with Crippen LogP contribution in [0.25, 0.3) is 5.57 Å². The van der Waals surface area contributed by atoms with E-state index in [4.69, 9.17) is 0 Å². The zero-order valence-electron chi connectivity index (χ0n) is 13.1. The van der Waals surface area contributed by atoms with Gasteiger partial charge < -0.3 is 10.6 Å². The fourth-order valence-electron chi connectivity index (χ4n) is 2.59. The molecular weight excluding hydrogens is 304 g/mol. The van der Waals surface area contributed by atoms with Crippen LogP contribution < -0.4 is 10.6 Å². The van der Waals surface area contributed by atoms with Crippen LogP contribution in [0.1, 0.15) is 30.4 Å². The molecule has 2 heterocycles. The van der Waals surface area contributed by atoms with Crippen LogP contribution in [0.4, 0.5) is 5.00 Å². The van der Waals surface area contributed by atoms with Crippen molar-refractivity contribution in [3.8, 4) is 0 Å². The first-order valence-corrected chi connectivity index (χ1v) is 8.64. The van der Waals surface area contributed by atoms with Crippen molar-refractivity contribution in [2.24, 2.45) is 0 Å². The first kappa shape index (κ1) is 15.6. The van der Waals surface area contributed by atoms with Gasteiger partial charge in [-0.1, -0.05) is 43.3 Å². The second-order valence-electron chi connectivity index (χ2n) is 5.66. The van der Waals surface area contributed by atoms with Gasteiger partial charge in [0.2, 0.25) is 5.91 Å². The number of hydrogen-bond acceptors (Lipinski definition) is 3. The molecule has 1 amide bonds. The zero-order chi connectivity index (χ0) is 16.1. The highest BCUT2D eigenvalue weighted by Gasteiger charge is 2.12. The summed E-state index contributed by atoms with van der Waals surface area (Å²) in [4.78, 5) is 12.2. The molecule has 23 heavy (non-hydrogen) atoms. The number of nitrogens with one attached hydrogen (secondary N) is 2. The number of benzene rings is 1. The summed E-state index contributed by atoms with van der Waals surface area (Å²) in [7, 11) is 0. The lowest BCUT2D eigenvalue weighted by Crippen LogP contribution is -2.13. The fourth-order valence-corrected chi connectivity index (χ4v) is 3.41. The number of carbonyl (C=O) groups is 1. The number of rotatable bonds is 5. The van der Waals surface area contributed by atoms with Crippen molar-refractivity contribution in [3.05, 3.63) is 71.3 Å². The van der Waals surface area contributed by atoms with Gasteiger partial charge in [0.15, 0.2) is 0 Å². The molecule has 0 bridgehead atoms. The average molecular weight is 324 g/mol. The van der Waals surface area contributed by atoms with Crippen LogP contribution >= 0.6 is 11.3 Å². The zero-order valence-corrected chi connectivity index (χ0v) is 13.9. The Labute approximate surface area is 140 Å². The van der Waals surface area contributed by atoms with Crippen LogP contribution in [-0.2, 0) is 4.79 Å². The summed E-state index contributed by atoms with van der Waals surface area (Å²) in [5.74, 6) is 0.273. The van der Waals surface area contributed by atoms with E-state index in [1.54, 1.807) is 11.3 Å². The van der Waals surface area contributed by atoms with E-state index in [-0.39, 0.29) is 11.8 Å². The number of thiophene rings is 1. The molecule has 4 heteroatoms. The van der Waals surface area contributed by atoms with Crippen molar-refractivity contribution >= 4 is 27.8 Å². The third kappa shape index (κ3) is 4.11. The SMILES string of the molecule is CC(CC(=O)Nc1cc(C2=CCNC=C2)cs1)c1ccccc1. The Balaban J connectivity index is 1.59. The number of allylic oxidation sites excluding steroid dienone is 2. The highest BCUT2D eigenvalue weighted by Crippen LogP contribution is 2.28. The summed E-state index contributed by atoms with van der Waals surface area (Å²) >= 11 is 1.57. The predicted octanol–water partition coefficient (Wildman–Crippen LogP) is 4.38. The molecule has 3 nitrogen and oxygen atoms in total. The average Bonchev–Trinajstić information content (AvgIpc) is 3.04. The highest BCUT2D eigenvalue weighted by molar-refractivity contribution is 7.14. The molecule has 0 aliphatic carbocycles. The summed E-state index contributed by atoms with van der Waals surface area (Å²) in [6.07, 6.45) is 6.64. The summed E-state index contributed by atoms with van der Waals surface area (Å²) in [6.45, 7) is 2.93. The molecule has 1 aliphatic heterocycles. The summed E-state index contributed by atoms with van der Waals surface area (Å²) in [5.41, 5.74) is 3.54. The standard InChI is InChI=1S/C19H20N2OS/c1-14(15-5-3-2-4-6-15)11-18(22)21-19-12-17(13-23-19)16-7-9-20-10-8-16/h2-9,12-14,20H,10-11H2,1H3,(H,21,22). The van der Waals surface area contributed by atoms with Crippen molar-refractivity contribution in [2.45, 2.75) is 19.3 Å². The summed E-state index contributed by atoms with van der Waals surface area (Å²) < 4.78 is 0. The van der Waals surface area contributed by atoms with Gasteiger partial charge in [0.05, 0.1) is 5.00 Å². The second-order valence-corrected chi connectivity index (χ2v) is 6.58. The molecule has 0 fully saturated rings. The van der Waals surface area contributed by atoms with Crippen molar-refractivity contribution in [1.29, 1.82) is 0 Å². The molecule has 0 spiro atoms. The largest absolute Gasteiger partial charge is 0.387 e. The van der Waals surface area contributed by atoms with Gasteiger partial charge >= 0.3 is 0 Å². The topological polar surface area (TPSA) is 41.1 Å². The van der Waals surface area contributed by atoms with Gasteiger partial charge in [0, 0.05) is 18.3 Å². The quantitative estimate of drug-likeness (QED) is 0.857. The Morgan fingerprint density at radius 1 is 1.35 bits per heavy atom. The van der Waals surface area contributed by atoms with E-state index < -0.39 is 0 Å². The van der Waals surface area contributed by atoms with Gasteiger partial charge in [-0.3, -0.25) is 4.79 Å². The van der Waals surface area contributed by atoms with E-state index in [9.17, 15) is 4.79 Å². The third-order valence-corrected chi connectivity index (χ3v) is 4.72. The molecule has 3 rings (SSSR count). The number of carbonyl (C=O) groups excluding carboxylic acids is 1. The molecule has 0 radical (unpaired) electrons. The maximum atomic E-state index is 12.2. The van der Waals surface area contributed by atoms with Crippen LogP contribution in [0.2, 0.25) is 0 Å². The van der Waals surface area contributed by atoms with Gasteiger partial charge in [-0.25, -0.2) is 0 Å². The monoisotopic (exact) mass is 324 g/mol. The van der Waals surface area contributed by atoms with E-state index in [0.29, 0.717) is 6.42 Å². The van der Waals surface area contributed by atoms with Crippen LogP contribution in [-0.4, -0.2) is 12.5 Å². The van der Waals surface area contributed by atoms with Crippen molar-refractivity contribution in [2.75, 3.05) is 11.9 Å². The van der Waals surface area contributed by atoms with Crippen molar-refractivity contribution < 1.29 is 4.79 Å². The predicted molar refractivity (Wildman–Crippen MR) is 97.5 cm³/mol. The highest BCUT2D eigenvalue weighted by atomic mass is 32.1. The van der Waals surface area contributed by atoms with E-state index in [1.807, 2.05) is 30.5 Å². The van der Waals surface area contributed by atoms with Gasteiger partial charge in [0.25, 0.3) is 0 Å². The lowest BCUT2D eigenvalue weighted by atomic mass is 9.98. The number of hydrogen-bond donors (Lipinski definition) is 2. The Kier molecular flexibility index (Phi) is 4.93. The first-order chi connectivity index (χ1) is 11.2. The third-order valence-electron chi connectivity index (χ3n) is 3.88. The minimum Gasteiger partial charge on any atom is -0.387 e. The molecular formula is C19H20N2OS. The molecule has 0 saturated carbocycles. The maximum absolute atomic E-state index is 12.2. The molecule has 1 unspecified atom stereocenters. The number of dihydropyridines is 1. The normalized spacial score (nSPS) is 14.7.